The molecule has 0 unspecified atom stereocenters. The molecule has 1 heterocycles. The van der Waals surface area contributed by atoms with E-state index in [1.54, 1.807) is 0 Å². The SMILES string of the molecule is NC(=O)OC1CN(I)C1. The summed E-state index contributed by atoms with van der Waals surface area (Å²) in [4.78, 5) is 10.1. The van der Waals surface area contributed by atoms with E-state index in [0.717, 1.165) is 13.1 Å². The van der Waals surface area contributed by atoms with Gasteiger partial charge in [0.15, 0.2) is 0 Å². The van der Waals surface area contributed by atoms with Crippen molar-refractivity contribution in [3.8, 4) is 0 Å². The summed E-state index contributed by atoms with van der Waals surface area (Å²) in [7, 11) is 0. The number of ether oxygens (including phenoxy) is 1. The highest BCUT2D eigenvalue weighted by molar-refractivity contribution is 14.1. The molecule has 2 N–H and O–H groups in total. The Morgan fingerprint density at radius 3 is 2.67 bits per heavy atom. The predicted molar refractivity (Wildman–Crippen MR) is 40.0 cm³/mol. The van der Waals surface area contributed by atoms with Crippen molar-refractivity contribution in [1.82, 2.24) is 3.11 Å². The van der Waals surface area contributed by atoms with Crippen LogP contribution < -0.4 is 5.73 Å². The lowest BCUT2D eigenvalue weighted by molar-refractivity contribution is 0.0445. The average Bonchev–Trinajstić information content (AvgIpc) is 1.60. The minimum atomic E-state index is -0.676. The number of nitrogens with two attached hydrogens (primary N) is 1. The van der Waals surface area contributed by atoms with E-state index in [9.17, 15) is 4.79 Å². The molecule has 0 spiro atoms. The van der Waals surface area contributed by atoms with Gasteiger partial charge in [0, 0.05) is 36.0 Å². The third kappa shape index (κ3) is 1.98. The van der Waals surface area contributed by atoms with E-state index in [2.05, 4.69) is 27.6 Å². The summed E-state index contributed by atoms with van der Waals surface area (Å²) >= 11 is 2.16. The number of hydrogen-bond donors (Lipinski definition) is 1. The molecule has 0 bridgehead atoms. The van der Waals surface area contributed by atoms with Gasteiger partial charge in [-0.15, -0.1) is 0 Å². The fourth-order valence-corrected chi connectivity index (χ4v) is 1.51. The molecule has 1 amide bonds. The van der Waals surface area contributed by atoms with E-state index in [0.29, 0.717) is 0 Å². The maximum atomic E-state index is 10.1. The van der Waals surface area contributed by atoms with Gasteiger partial charge in [-0.1, -0.05) is 0 Å². The van der Waals surface area contributed by atoms with Crippen LogP contribution in [0, 0.1) is 0 Å². The molecule has 5 heteroatoms. The van der Waals surface area contributed by atoms with Crippen molar-refractivity contribution in [1.29, 1.82) is 0 Å². The highest BCUT2D eigenvalue weighted by Gasteiger charge is 2.27. The van der Waals surface area contributed by atoms with E-state index in [-0.39, 0.29) is 6.10 Å². The zero-order valence-electron chi connectivity index (χ0n) is 4.71. The summed E-state index contributed by atoms with van der Waals surface area (Å²) in [5.74, 6) is 0. The van der Waals surface area contributed by atoms with Gasteiger partial charge in [0.25, 0.3) is 0 Å². The number of rotatable bonds is 1. The van der Waals surface area contributed by atoms with Gasteiger partial charge in [-0.3, -0.25) is 0 Å². The standard InChI is InChI=1S/C4H7IN2O2/c5-7-1-3(2-7)9-4(6)8/h3H,1-2H2,(H2,6,8). The van der Waals surface area contributed by atoms with Crippen molar-refractivity contribution in [3.05, 3.63) is 0 Å². The Hall–Kier alpha value is -0.0400. The molecule has 0 aromatic carbocycles. The first-order valence-corrected chi connectivity index (χ1v) is 3.52. The van der Waals surface area contributed by atoms with E-state index in [1.807, 2.05) is 3.11 Å². The molecule has 0 aliphatic carbocycles. The third-order valence-electron chi connectivity index (χ3n) is 1.09. The molecule has 0 saturated carbocycles. The summed E-state index contributed by atoms with van der Waals surface area (Å²) in [6.07, 6.45) is -0.649. The van der Waals surface area contributed by atoms with Crippen molar-refractivity contribution in [3.63, 3.8) is 0 Å². The Morgan fingerprint density at radius 2 is 2.33 bits per heavy atom. The molecule has 1 rings (SSSR count). The monoisotopic (exact) mass is 242 g/mol. The number of primary amides is 1. The van der Waals surface area contributed by atoms with Gasteiger partial charge in [0.1, 0.15) is 6.10 Å². The van der Waals surface area contributed by atoms with E-state index in [1.165, 1.54) is 0 Å². The molecule has 9 heavy (non-hydrogen) atoms. The minimum absolute atomic E-state index is 0.0272. The molecule has 1 aliphatic heterocycles. The maximum absolute atomic E-state index is 10.1. The first-order valence-electron chi connectivity index (χ1n) is 2.55. The van der Waals surface area contributed by atoms with E-state index >= 15 is 0 Å². The summed E-state index contributed by atoms with van der Waals surface area (Å²) in [5.41, 5.74) is 4.77. The predicted octanol–water partition coefficient (Wildman–Crippen LogP) is 0.116. The number of halogens is 1. The van der Waals surface area contributed by atoms with Crippen molar-refractivity contribution in [2.24, 2.45) is 5.73 Å². The summed E-state index contributed by atoms with van der Waals surface area (Å²) in [6.45, 7) is 1.59. The van der Waals surface area contributed by atoms with Crippen molar-refractivity contribution >= 4 is 29.0 Å². The molecule has 1 saturated heterocycles. The van der Waals surface area contributed by atoms with Gasteiger partial charge in [0.05, 0.1) is 0 Å². The average molecular weight is 242 g/mol. The van der Waals surface area contributed by atoms with Crippen LogP contribution in [0.25, 0.3) is 0 Å². The molecular weight excluding hydrogens is 235 g/mol. The Morgan fingerprint density at radius 1 is 1.78 bits per heavy atom. The second-order valence-electron chi connectivity index (χ2n) is 1.89. The molecule has 0 atom stereocenters. The molecule has 4 nitrogen and oxygen atoms in total. The van der Waals surface area contributed by atoms with Gasteiger partial charge >= 0.3 is 6.09 Å². The molecule has 0 radical (unpaired) electrons. The number of carbonyl (C=O) groups is 1. The highest BCUT2D eigenvalue weighted by Crippen LogP contribution is 2.15. The van der Waals surface area contributed by atoms with Crippen LogP contribution in [-0.4, -0.2) is 28.4 Å². The van der Waals surface area contributed by atoms with Crippen molar-refractivity contribution < 1.29 is 9.53 Å². The zero-order chi connectivity index (χ0) is 6.85. The van der Waals surface area contributed by atoms with Crippen LogP contribution in [-0.2, 0) is 4.74 Å². The fourth-order valence-electron chi connectivity index (χ4n) is 0.627. The van der Waals surface area contributed by atoms with Gasteiger partial charge in [-0.25, -0.2) is 7.91 Å². The third-order valence-corrected chi connectivity index (χ3v) is 1.87. The number of hydrogen-bond acceptors (Lipinski definition) is 3. The Bertz CT molecular complexity index is 124. The molecule has 0 aromatic rings. The van der Waals surface area contributed by atoms with Crippen LogP contribution in [0.4, 0.5) is 4.79 Å². The second-order valence-corrected chi connectivity index (χ2v) is 3.25. The Kier molecular flexibility index (Phi) is 2.12. The van der Waals surface area contributed by atoms with Crippen LogP contribution in [0.15, 0.2) is 0 Å². The Balaban J connectivity index is 2.11. The largest absolute Gasteiger partial charge is 0.444 e. The number of amides is 1. The number of carbonyl (C=O) groups excluding carboxylic acids is 1. The lowest BCUT2D eigenvalue weighted by Crippen LogP contribution is -2.47. The van der Waals surface area contributed by atoms with Gasteiger partial charge < -0.3 is 10.5 Å². The topological polar surface area (TPSA) is 55.6 Å². The summed E-state index contributed by atoms with van der Waals surface area (Å²) in [6, 6.07) is 0. The summed E-state index contributed by atoms with van der Waals surface area (Å²) in [5, 5.41) is 0. The highest BCUT2D eigenvalue weighted by atomic mass is 127. The minimum Gasteiger partial charge on any atom is -0.444 e. The van der Waals surface area contributed by atoms with Crippen LogP contribution in [0.5, 0.6) is 0 Å². The van der Waals surface area contributed by atoms with Gasteiger partial charge in [0.2, 0.25) is 0 Å². The molecule has 0 aromatic heterocycles. The van der Waals surface area contributed by atoms with Crippen LogP contribution in [0.2, 0.25) is 0 Å². The lowest BCUT2D eigenvalue weighted by Gasteiger charge is -2.32. The van der Waals surface area contributed by atoms with Crippen LogP contribution in [0.3, 0.4) is 0 Å². The van der Waals surface area contributed by atoms with Crippen molar-refractivity contribution in [2.75, 3.05) is 13.1 Å². The smallest absolute Gasteiger partial charge is 0.404 e. The fraction of sp³-hybridized carbons (Fsp3) is 0.750. The van der Waals surface area contributed by atoms with Crippen molar-refractivity contribution in [2.45, 2.75) is 6.10 Å². The first-order chi connectivity index (χ1) is 4.18. The second kappa shape index (κ2) is 2.70. The molecule has 1 aliphatic rings. The lowest BCUT2D eigenvalue weighted by atomic mass is 10.2. The van der Waals surface area contributed by atoms with Gasteiger partial charge in [-0.2, -0.15) is 0 Å². The number of nitrogens with zero attached hydrogens (tertiary/aromatic N) is 1. The van der Waals surface area contributed by atoms with Crippen LogP contribution in [0.1, 0.15) is 0 Å². The van der Waals surface area contributed by atoms with E-state index < -0.39 is 6.09 Å². The Labute approximate surface area is 66.8 Å². The molecule has 1 fully saturated rings. The summed E-state index contributed by atoms with van der Waals surface area (Å²) < 4.78 is 6.67. The van der Waals surface area contributed by atoms with Gasteiger partial charge in [-0.05, 0) is 0 Å². The van der Waals surface area contributed by atoms with E-state index in [4.69, 9.17) is 5.73 Å². The normalized spacial score (nSPS) is 21.0. The quantitative estimate of drug-likeness (QED) is 0.524. The maximum Gasteiger partial charge on any atom is 0.404 e. The van der Waals surface area contributed by atoms with Crippen LogP contribution >= 0.6 is 22.9 Å². The molecular formula is C4H7IN2O2. The first kappa shape index (κ1) is 7.07. The molecule has 52 valence electrons. The zero-order valence-corrected chi connectivity index (χ0v) is 6.87.